The second kappa shape index (κ2) is 3.98. The van der Waals surface area contributed by atoms with Gasteiger partial charge in [-0.2, -0.15) is 11.8 Å². The molecule has 0 aromatic rings. The van der Waals surface area contributed by atoms with Gasteiger partial charge in [-0.05, 0) is 13.2 Å². The lowest BCUT2D eigenvalue weighted by atomic mass is 10.2. The van der Waals surface area contributed by atoms with Crippen molar-refractivity contribution in [3.63, 3.8) is 0 Å². The first-order chi connectivity index (χ1) is 3.68. The molecule has 1 unspecified atom stereocenters. The van der Waals surface area contributed by atoms with E-state index in [-0.39, 0.29) is 6.10 Å². The van der Waals surface area contributed by atoms with E-state index in [0.29, 0.717) is 0 Å². The molecule has 0 aromatic carbocycles. The summed E-state index contributed by atoms with van der Waals surface area (Å²) in [5.74, 6) is 0.759. The minimum Gasteiger partial charge on any atom is -0.388 e. The van der Waals surface area contributed by atoms with E-state index in [9.17, 15) is 0 Å². The van der Waals surface area contributed by atoms with E-state index in [4.69, 9.17) is 5.11 Å². The summed E-state index contributed by atoms with van der Waals surface area (Å²) >= 11 is 1.63. The van der Waals surface area contributed by atoms with Crippen LogP contribution < -0.4 is 0 Å². The summed E-state index contributed by atoms with van der Waals surface area (Å²) in [6, 6.07) is 0. The van der Waals surface area contributed by atoms with Crippen molar-refractivity contribution in [1.82, 2.24) is 0 Å². The Morgan fingerprint density at radius 3 is 2.50 bits per heavy atom. The fourth-order valence-electron chi connectivity index (χ4n) is 0.300. The van der Waals surface area contributed by atoms with Crippen LogP contribution in [0.3, 0.4) is 0 Å². The van der Waals surface area contributed by atoms with Crippen molar-refractivity contribution >= 4 is 11.8 Å². The van der Waals surface area contributed by atoms with Crippen molar-refractivity contribution < 1.29 is 5.11 Å². The smallest absolute Gasteiger partial charge is 0.0835 e. The molecule has 8 heavy (non-hydrogen) atoms. The topological polar surface area (TPSA) is 20.2 Å². The van der Waals surface area contributed by atoms with E-state index in [1.807, 2.05) is 13.2 Å². The van der Waals surface area contributed by atoms with Crippen molar-refractivity contribution in [3.05, 3.63) is 12.2 Å². The highest BCUT2D eigenvalue weighted by atomic mass is 32.2. The summed E-state index contributed by atoms with van der Waals surface area (Å²) in [7, 11) is 0. The zero-order valence-electron chi connectivity index (χ0n) is 5.35. The molecule has 0 heterocycles. The molecule has 0 saturated heterocycles. The predicted octanol–water partition coefficient (Wildman–Crippen LogP) is 1.29. The van der Waals surface area contributed by atoms with E-state index < -0.39 is 0 Å². The van der Waals surface area contributed by atoms with Crippen molar-refractivity contribution in [2.24, 2.45) is 0 Å². The maximum absolute atomic E-state index is 9.01. The first kappa shape index (κ1) is 8.05. The van der Waals surface area contributed by atoms with Crippen LogP contribution in [-0.4, -0.2) is 23.2 Å². The van der Waals surface area contributed by atoms with E-state index >= 15 is 0 Å². The Labute approximate surface area is 54.8 Å². The van der Waals surface area contributed by atoms with Crippen LogP contribution in [0.2, 0.25) is 0 Å². The molecule has 0 rings (SSSR count). The molecule has 0 aliphatic carbocycles. The van der Waals surface area contributed by atoms with Crippen molar-refractivity contribution in [3.8, 4) is 0 Å². The first-order valence-electron chi connectivity index (χ1n) is 2.51. The van der Waals surface area contributed by atoms with Crippen LogP contribution in [-0.2, 0) is 0 Å². The lowest BCUT2D eigenvalue weighted by Crippen LogP contribution is -2.09. The van der Waals surface area contributed by atoms with Gasteiger partial charge in [0.15, 0.2) is 0 Å². The van der Waals surface area contributed by atoms with Gasteiger partial charge < -0.3 is 5.11 Å². The summed E-state index contributed by atoms with van der Waals surface area (Å²) < 4.78 is 0. The Hall–Kier alpha value is 0.0500. The maximum Gasteiger partial charge on any atom is 0.0835 e. The fraction of sp³-hybridized carbons (Fsp3) is 0.667. The molecule has 0 amide bonds. The second-order valence-electron chi connectivity index (χ2n) is 1.82. The molecule has 0 bridgehead atoms. The number of thioether (sulfide) groups is 1. The number of aliphatic hydroxyl groups excluding tert-OH is 1. The Morgan fingerprint density at radius 1 is 1.88 bits per heavy atom. The van der Waals surface area contributed by atoms with Crippen molar-refractivity contribution in [2.75, 3.05) is 12.0 Å². The lowest BCUT2D eigenvalue weighted by molar-refractivity contribution is 0.237. The van der Waals surface area contributed by atoms with Gasteiger partial charge in [0.05, 0.1) is 6.10 Å². The quantitative estimate of drug-likeness (QED) is 0.584. The van der Waals surface area contributed by atoms with E-state index in [2.05, 4.69) is 6.58 Å². The largest absolute Gasteiger partial charge is 0.388 e. The van der Waals surface area contributed by atoms with E-state index in [1.165, 1.54) is 0 Å². The average Bonchev–Trinajstić information content (AvgIpc) is 1.67. The minimum absolute atomic E-state index is 0.315. The Balaban J connectivity index is 3.32. The zero-order chi connectivity index (χ0) is 6.57. The summed E-state index contributed by atoms with van der Waals surface area (Å²) in [4.78, 5) is 0. The van der Waals surface area contributed by atoms with E-state index in [1.54, 1.807) is 11.8 Å². The number of aliphatic hydroxyl groups is 1. The van der Waals surface area contributed by atoms with Crippen LogP contribution in [0.1, 0.15) is 6.92 Å². The zero-order valence-corrected chi connectivity index (χ0v) is 6.16. The molecule has 0 spiro atoms. The third-order valence-corrected chi connectivity index (χ3v) is 1.54. The van der Waals surface area contributed by atoms with Crippen LogP contribution in [0.25, 0.3) is 0 Å². The van der Waals surface area contributed by atoms with Gasteiger partial charge in [-0.3, -0.25) is 0 Å². The number of hydrogen-bond acceptors (Lipinski definition) is 2. The van der Waals surface area contributed by atoms with Crippen LogP contribution in [0.15, 0.2) is 12.2 Å². The van der Waals surface area contributed by atoms with Gasteiger partial charge in [0.25, 0.3) is 0 Å². The summed E-state index contributed by atoms with van der Waals surface area (Å²) in [5, 5.41) is 9.01. The molecule has 1 nitrogen and oxygen atoms in total. The number of rotatable bonds is 3. The van der Waals surface area contributed by atoms with E-state index in [0.717, 1.165) is 11.3 Å². The predicted molar refractivity (Wildman–Crippen MR) is 39.2 cm³/mol. The molecule has 0 fully saturated rings. The summed E-state index contributed by atoms with van der Waals surface area (Å²) in [6.45, 7) is 5.44. The van der Waals surface area contributed by atoms with Gasteiger partial charge in [0.2, 0.25) is 0 Å². The minimum atomic E-state index is -0.315. The highest BCUT2D eigenvalue weighted by Gasteiger charge is 2.00. The molecule has 2 heteroatoms. The third kappa shape index (κ3) is 3.10. The summed E-state index contributed by atoms with van der Waals surface area (Å²) in [5.41, 5.74) is 0.847. The normalized spacial score (nSPS) is 13.4. The molecule has 1 atom stereocenters. The van der Waals surface area contributed by atoms with Gasteiger partial charge in [-0.25, -0.2) is 0 Å². The third-order valence-electron chi connectivity index (χ3n) is 0.893. The molecule has 0 aromatic heterocycles. The lowest BCUT2D eigenvalue weighted by Gasteiger charge is -2.05. The molecular formula is C6H12OS. The molecule has 1 N–H and O–H groups in total. The Bertz CT molecular complexity index is 80.6. The first-order valence-corrected chi connectivity index (χ1v) is 3.90. The van der Waals surface area contributed by atoms with Crippen LogP contribution >= 0.6 is 11.8 Å². The molecule has 0 aliphatic heterocycles. The van der Waals surface area contributed by atoms with Gasteiger partial charge in [-0.1, -0.05) is 12.2 Å². The number of hydrogen-bond donors (Lipinski definition) is 1. The SMILES string of the molecule is C=C(C)C(O)CSC. The molecule has 0 saturated carbocycles. The average molecular weight is 132 g/mol. The fourth-order valence-corrected chi connectivity index (χ4v) is 0.900. The monoisotopic (exact) mass is 132 g/mol. The standard InChI is InChI=1S/C6H12OS/c1-5(2)6(7)4-8-3/h6-7H,1,4H2,2-3H3. The van der Waals surface area contributed by atoms with Crippen LogP contribution in [0.4, 0.5) is 0 Å². The van der Waals surface area contributed by atoms with Gasteiger partial charge in [-0.15, -0.1) is 0 Å². The molecule has 0 radical (unpaired) electrons. The molecule has 0 aliphatic rings. The highest BCUT2D eigenvalue weighted by Crippen LogP contribution is 2.03. The molecular weight excluding hydrogens is 120 g/mol. The Kier molecular flexibility index (Phi) is 4.01. The van der Waals surface area contributed by atoms with Gasteiger partial charge >= 0.3 is 0 Å². The second-order valence-corrected chi connectivity index (χ2v) is 2.73. The van der Waals surface area contributed by atoms with Crippen molar-refractivity contribution in [1.29, 1.82) is 0 Å². The maximum atomic E-state index is 9.01. The van der Waals surface area contributed by atoms with Crippen molar-refractivity contribution in [2.45, 2.75) is 13.0 Å². The molecule has 48 valence electrons. The van der Waals surface area contributed by atoms with Gasteiger partial charge in [0, 0.05) is 5.75 Å². The van der Waals surface area contributed by atoms with Gasteiger partial charge in [0.1, 0.15) is 0 Å². The van der Waals surface area contributed by atoms with Crippen LogP contribution in [0.5, 0.6) is 0 Å². The van der Waals surface area contributed by atoms with Crippen LogP contribution in [0, 0.1) is 0 Å². The summed E-state index contributed by atoms with van der Waals surface area (Å²) in [6.07, 6.45) is 1.65. The Morgan fingerprint density at radius 2 is 2.38 bits per heavy atom. The highest BCUT2D eigenvalue weighted by molar-refractivity contribution is 7.98.